The van der Waals surface area contributed by atoms with Crippen LogP contribution in [0.15, 0.2) is 15.1 Å². The lowest BCUT2D eigenvalue weighted by Crippen LogP contribution is -2.38. The van der Waals surface area contributed by atoms with Crippen LogP contribution >= 0.6 is 0 Å². The van der Waals surface area contributed by atoms with Crippen LogP contribution in [-0.4, -0.2) is 61.6 Å². The molecule has 2 N–H and O–H groups in total. The predicted octanol–water partition coefficient (Wildman–Crippen LogP) is 2.80. The van der Waals surface area contributed by atoms with E-state index in [1.54, 1.807) is 0 Å². The fraction of sp³-hybridized carbons (Fsp3) is 0.824. The number of rotatable bonds is 3. The van der Waals surface area contributed by atoms with Crippen molar-refractivity contribution in [3.8, 4) is 0 Å². The van der Waals surface area contributed by atoms with Crippen LogP contribution in [0.1, 0.15) is 53.4 Å². The molecule has 0 saturated carbocycles. The molecular formula is C17H36N6. The molecule has 0 bridgehead atoms. The van der Waals surface area contributed by atoms with Crippen LogP contribution in [0.25, 0.3) is 0 Å². The van der Waals surface area contributed by atoms with Crippen molar-refractivity contribution >= 4 is 18.9 Å². The van der Waals surface area contributed by atoms with Gasteiger partial charge in [-0.05, 0) is 45.4 Å². The van der Waals surface area contributed by atoms with Crippen LogP contribution < -0.4 is 5.73 Å². The zero-order valence-corrected chi connectivity index (χ0v) is 15.7. The second-order valence-corrected chi connectivity index (χ2v) is 5.40. The zero-order chi connectivity index (χ0) is 17.7. The Morgan fingerprint density at radius 2 is 1.91 bits per heavy atom. The van der Waals surface area contributed by atoms with Gasteiger partial charge in [-0.25, -0.2) is 9.98 Å². The molecule has 6 heteroatoms. The predicted molar refractivity (Wildman–Crippen MR) is 102 cm³/mol. The average Bonchev–Trinajstić information content (AvgIpc) is 3.13. The SMILES string of the molecule is C=N/C(=N\C1CC(C)C=NN1CCC)N1CCCC1.CC.CN. The highest BCUT2D eigenvalue weighted by molar-refractivity contribution is 5.84. The quantitative estimate of drug-likeness (QED) is 0.641. The van der Waals surface area contributed by atoms with Crippen LogP contribution in [0, 0.1) is 5.92 Å². The molecular weight excluding hydrogens is 288 g/mol. The molecule has 0 aromatic carbocycles. The van der Waals surface area contributed by atoms with Gasteiger partial charge in [-0.1, -0.05) is 27.7 Å². The van der Waals surface area contributed by atoms with Gasteiger partial charge in [0.15, 0.2) is 0 Å². The smallest absolute Gasteiger partial charge is 0.222 e. The van der Waals surface area contributed by atoms with Crippen molar-refractivity contribution in [3.05, 3.63) is 0 Å². The number of hydrazone groups is 1. The van der Waals surface area contributed by atoms with E-state index in [1.807, 2.05) is 20.1 Å². The first-order valence-corrected chi connectivity index (χ1v) is 8.92. The van der Waals surface area contributed by atoms with Crippen molar-refractivity contribution in [2.24, 2.45) is 26.7 Å². The van der Waals surface area contributed by atoms with E-state index in [9.17, 15) is 0 Å². The molecule has 0 spiro atoms. The lowest BCUT2D eigenvalue weighted by molar-refractivity contribution is 0.178. The van der Waals surface area contributed by atoms with Crippen LogP contribution in [0.4, 0.5) is 0 Å². The summed E-state index contributed by atoms with van der Waals surface area (Å²) < 4.78 is 0. The van der Waals surface area contributed by atoms with Gasteiger partial charge in [0.2, 0.25) is 5.96 Å². The minimum Gasteiger partial charge on any atom is -0.341 e. The molecule has 1 fully saturated rings. The monoisotopic (exact) mass is 324 g/mol. The highest BCUT2D eigenvalue weighted by atomic mass is 15.5. The Labute approximate surface area is 142 Å². The molecule has 2 unspecified atom stereocenters. The van der Waals surface area contributed by atoms with E-state index in [0.29, 0.717) is 5.92 Å². The van der Waals surface area contributed by atoms with Gasteiger partial charge in [-0.2, -0.15) is 5.10 Å². The van der Waals surface area contributed by atoms with Gasteiger partial charge in [0.1, 0.15) is 6.17 Å². The summed E-state index contributed by atoms with van der Waals surface area (Å²) >= 11 is 0. The summed E-state index contributed by atoms with van der Waals surface area (Å²) in [6, 6.07) is 0. The molecule has 1 saturated heterocycles. The lowest BCUT2D eigenvalue weighted by atomic mass is 10.1. The number of nitrogens with zero attached hydrogens (tertiary/aromatic N) is 5. The van der Waals surface area contributed by atoms with E-state index in [-0.39, 0.29) is 6.17 Å². The van der Waals surface area contributed by atoms with Crippen molar-refractivity contribution in [1.82, 2.24) is 9.91 Å². The number of likely N-dealkylation sites (tertiary alicyclic amines) is 1. The number of guanidine groups is 1. The first-order valence-electron chi connectivity index (χ1n) is 8.92. The lowest BCUT2D eigenvalue weighted by Gasteiger charge is -2.32. The largest absolute Gasteiger partial charge is 0.341 e. The molecule has 6 nitrogen and oxygen atoms in total. The van der Waals surface area contributed by atoms with E-state index in [1.165, 1.54) is 19.9 Å². The van der Waals surface area contributed by atoms with Crippen molar-refractivity contribution in [3.63, 3.8) is 0 Å². The van der Waals surface area contributed by atoms with E-state index in [0.717, 1.165) is 38.4 Å². The van der Waals surface area contributed by atoms with Gasteiger partial charge in [0.25, 0.3) is 0 Å². The van der Waals surface area contributed by atoms with Crippen molar-refractivity contribution in [1.29, 1.82) is 0 Å². The molecule has 2 aliphatic heterocycles. The molecule has 23 heavy (non-hydrogen) atoms. The van der Waals surface area contributed by atoms with Crippen molar-refractivity contribution < 1.29 is 0 Å². The van der Waals surface area contributed by atoms with E-state index in [4.69, 9.17) is 4.99 Å². The van der Waals surface area contributed by atoms with Crippen LogP contribution in [-0.2, 0) is 0 Å². The Kier molecular flexibility index (Phi) is 12.2. The van der Waals surface area contributed by atoms with Gasteiger partial charge in [-0.3, -0.25) is 5.01 Å². The fourth-order valence-electron chi connectivity index (χ4n) is 2.62. The third-order valence-electron chi connectivity index (χ3n) is 3.64. The Bertz CT molecular complexity index is 360. The summed E-state index contributed by atoms with van der Waals surface area (Å²) in [5, 5.41) is 6.60. The summed E-state index contributed by atoms with van der Waals surface area (Å²) in [7, 11) is 1.50. The minimum atomic E-state index is 0.112. The molecule has 134 valence electrons. The third kappa shape index (κ3) is 7.12. The van der Waals surface area contributed by atoms with E-state index in [2.05, 4.69) is 46.3 Å². The number of aliphatic imine (C=N–C) groups is 2. The second-order valence-electron chi connectivity index (χ2n) is 5.40. The first kappa shape index (κ1) is 21.6. The Hall–Kier alpha value is -1.43. The Morgan fingerprint density at radius 3 is 2.43 bits per heavy atom. The van der Waals surface area contributed by atoms with Crippen molar-refractivity contribution in [2.75, 3.05) is 26.7 Å². The van der Waals surface area contributed by atoms with Gasteiger partial charge < -0.3 is 10.6 Å². The molecule has 0 aliphatic carbocycles. The highest BCUT2D eigenvalue weighted by Gasteiger charge is 2.24. The van der Waals surface area contributed by atoms with E-state index < -0.39 is 0 Å². The Balaban J connectivity index is 0.00000112. The molecule has 0 aromatic heterocycles. The molecule has 0 amide bonds. The second kappa shape index (κ2) is 13.0. The zero-order valence-electron chi connectivity index (χ0n) is 15.7. The summed E-state index contributed by atoms with van der Waals surface area (Å²) in [6.45, 7) is 15.1. The van der Waals surface area contributed by atoms with Crippen molar-refractivity contribution in [2.45, 2.75) is 59.5 Å². The molecule has 2 atom stereocenters. The van der Waals surface area contributed by atoms with Crippen LogP contribution in [0.3, 0.4) is 0 Å². The molecule has 2 aliphatic rings. The summed E-state index contributed by atoms with van der Waals surface area (Å²) in [6.07, 6.45) is 6.69. The molecule has 2 rings (SSSR count). The first-order chi connectivity index (χ1) is 11.2. The molecule has 0 aromatic rings. The van der Waals surface area contributed by atoms with Gasteiger partial charge in [0.05, 0.1) is 0 Å². The summed E-state index contributed by atoms with van der Waals surface area (Å²) in [5.41, 5.74) is 4.50. The summed E-state index contributed by atoms with van der Waals surface area (Å²) in [5.74, 6) is 1.28. The number of hydrogen-bond donors (Lipinski definition) is 1. The van der Waals surface area contributed by atoms with Gasteiger partial charge in [-0.15, -0.1) is 0 Å². The normalized spacial score (nSPS) is 23.7. The van der Waals surface area contributed by atoms with Crippen LogP contribution in [0.5, 0.6) is 0 Å². The fourth-order valence-corrected chi connectivity index (χ4v) is 2.62. The van der Waals surface area contributed by atoms with Gasteiger partial charge >= 0.3 is 0 Å². The van der Waals surface area contributed by atoms with E-state index >= 15 is 0 Å². The maximum absolute atomic E-state index is 4.81. The molecule has 0 radical (unpaired) electrons. The third-order valence-corrected chi connectivity index (χ3v) is 3.64. The topological polar surface area (TPSA) is 69.6 Å². The number of hydrogen-bond acceptors (Lipinski definition) is 4. The van der Waals surface area contributed by atoms with Gasteiger partial charge in [0, 0.05) is 25.8 Å². The molecule has 2 heterocycles. The minimum absolute atomic E-state index is 0.112. The number of nitrogens with two attached hydrogens (primary N) is 1. The average molecular weight is 325 g/mol. The summed E-state index contributed by atoms with van der Waals surface area (Å²) in [4.78, 5) is 11.2. The standard InChI is InChI=1S/C14H25N5.C2H6.CH5N/c1-4-7-19-13(10-12(2)11-16-19)17-14(15-3)18-8-5-6-9-18;2*1-2/h11-13H,3-10H2,1-2H3;1-2H3;2H2,1H3/b17-14+;;. The highest BCUT2D eigenvalue weighted by Crippen LogP contribution is 2.20. The maximum atomic E-state index is 4.81. The Morgan fingerprint density at radius 1 is 1.30 bits per heavy atom. The van der Waals surface area contributed by atoms with Crippen LogP contribution in [0.2, 0.25) is 0 Å². The maximum Gasteiger partial charge on any atom is 0.222 e.